The van der Waals surface area contributed by atoms with Gasteiger partial charge in [-0.1, -0.05) is 69.3 Å². The lowest BCUT2D eigenvalue weighted by molar-refractivity contribution is -0.158. The first-order valence-corrected chi connectivity index (χ1v) is 46.1. The SMILES string of the molecule is CC(=O)N[C@H]1CSCCC(=O)N2CN3CN(C2)C(=O)CCSC[C@H](NC(=O)[C@H](CC(=O)O)NC(=O)[C@H](CCC(N)=O)NC(=O)[C@H](CC(C)(C)C)NC(=O)[C@H](Cc2cn(C)c4ccccc24)NC(=O)[C@H](C)N(C)C1=O)C(=O)N[C@@H](Cc1cn(C)c2ccccc12)C(=O)N[C@@H](CCCNC(=N)N(C)C)C(=O)NCC(=O)N[C@@H](Cc1ccc(F)cc1)C(=O)N[C@H](C(N)=O)CSCCC3=O. The lowest BCUT2D eigenvalue weighted by Gasteiger charge is -2.42. The Labute approximate surface area is 769 Å². The number of carboxylic acids is 1. The highest BCUT2D eigenvalue weighted by Gasteiger charge is 2.41. The molecule has 0 radical (unpaired) electrons. The van der Waals surface area contributed by atoms with Gasteiger partial charge in [-0.15, -0.1) is 0 Å². The van der Waals surface area contributed by atoms with E-state index in [1.165, 1.54) is 52.6 Å². The number of aromatic nitrogens is 2. The maximum Gasteiger partial charge on any atom is 0.305 e. The molecule has 3 aliphatic rings. The number of amides is 17. The monoisotopic (exact) mass is 1880 g/mol. The molecular weight excluding hydrogens is 1760 g/mol. The molecule has 3 aromatic carbocycles. The summed E-state index contributed by atoms with van der Waals surface area (Å²) in [5.74, 6) is -19.5. The number of benzene rings is 3. The predicted molar refractivity (Wildman–Crippen MR) is 487 cm³/mol. The molecule has 17 amide bonds. The molecule has 5 aromatic rings. The van der Waals surface area contributed by atoms with Crippen molar-refractivity contribution in [3.8, 4) is 0 Å². The van der Waals surface area contributed by atoms with Crippen LogP contribution in [-0.2, 0) is 120 Å². The second kappa shape index (κ2) is 48.9. The number of guanidine groups is 1. The van der Waals surface area contributed by atoms with Crippen LogP contribution in [0.5, 0.6) is 0 Å². The van der Waals surface area contributed by atoms with Gasteiger partial charge < -0.3 is 114 Å². The summed E-state index contributed by atoms with van der Waals surface area (Å²) in [6.45, 7) is 5.72. The maximum atomic E-state index is 15.6. The fourth-order valence-corrected chi connectivity index (χ4v) is 17.6. The molecule has 45 heteroatoms. The van der Waals surface area contributed by atoms with Crippen molar-refractivity contribution in [2.75, 3.05) is 88.8 Å². The zero-order valence-electron chi connectivity index (χ0n) is 74.9. The number of nitrogens with zero attached hydrogens (tertiary/aromatic N) is 7. The molecule has 3 saturated heterocycles. The Bertz CT molecular complexity index is 5050. The summed E-state index contributed by atoms with van der Waals surface area (Å²) in [7, 11) is 7.99. The van der Waals surface area contributed by atoms with E-state index in [9.17, 15) is 67.0 Å². The van der Waals surface area contributed by atoms with Crippen molar-refractivity contribution in [3.63, 3.8) is 0 Å². The zero-order chi connectivity index (χ0) is 96.3. The van der Waals surface area contributed by atoms with E-state index < -0.39 is 235 Å². The first kappa shape index (κ1) is 104. The molecule has 0 aliphatic carbocycles. The predicted octanol–water partition coefficient (Wildman–Crippen LogP) is -2.04. The van der Waals surface area contributed by atoms with E-state index in [0.717, 1.165) is 57.8 Å². The van der Waals surface area contributed by atoms with Gasteiger partial charge in [-0.3, -0.25) is 91.7 Å². The van der Waals surface area contributed by atoms with Gasteiger partial charge in [-0.05, 0) is 79.0 Å². The number of nitrogens with one attached hydrogen (secondary N) is 13. The lowest BCUT2D eigenvalue weighted by Crippen LogP contribution is -2.61. The number of nitrogens with two attached hydrogens (primary N) is 2. The number of carbonyl (C=O) groups is 18. The normalized spacial score (nSPS) is 23.2. The minimum absolute atomic E-state index is 0.0227. The summed E-state index contributed by atoms with van der Waals surface area (Å²) in [6.07, 6.45) is -1.28. The molecule has 131 heavy (non-hydrogen) atoms. The molecule has 3 aliphatic heterocycles. The molecule has 41 nitrogen and oxygen atoms in total. The van der Waals surface area contributed by atoms with Crippen LogP contribution in [-0.4, -0.2) is 306 Å². The zero-order valence-corrected chi connectivity index (χ0v) is 77.3. The van der Waals surface area contributed by atoms with Crippen LogP contribution < -0.4 is 75.3 Å². The van der Waals surface area contributed by atoms with E-state index >= 15 is 28.8 Å². The molecular formula is C86H119FN22O19S3. The van der Waals surface area contributed by atoms with Crippen LogP contribution in [0.4, 0.5) is 4.39 Å². The minimum Gasteiger partial charge on any atom is -0.481 e. The topological polar surface area (TPSA) is 574 Å². The number of fused-ring (bicyclic) bond motifs is 9. The highest BCUT2D eigenvalue weighted by molar-refractivity contribution is 7.99. The van der Waals surface area contributed by atoms with E-state index in [0.29, 0.717) is 33.0 Å². The van der Waals surface area contributed by atoms with Crippen molar-refractivity contribution < 1.29 is 95.8 Å². The number of aliphatic carboxylic acids is 1. The number of hydrogen-bond donors (Lipinski definition) is 16. The number of hydrogen-bond acceptors (Lipinski definition) is 22. The largest absolute Gasteiger partial charge is 0.481 e. The third kappa shape index (κ3) is 31.6. The summed E-state index contributed by atoms with van der Waals surface area (Å²) in [4.78, 5) is 266. The molecule has 2 aromatic heterocycles. The molecule has 4 bridgehead atoms. The summed E-state index contributed by atoms with van der Waals surface area (Å²) in [5.41, 5.74) is 13.4. The molecule has 0 saturated carbocycles. The highest BCUT2D eigenvalue weighted by Crippen LogP contribution is 2.27. The van der Waals surface area contributed by atoms with Crippen molar-refractivity contribution in [1.82, 2.24) is 97.4 Å². The van der Waals surface area contributed by atoms with Gasteiger partial charge in [0.15, 0.2) is 5.96 Å². The van der Waals surface area contributed by atoms with E-state index in [1.807, 2.05) is 6.07 Å². The van der Waals surface area contributed by atoms with Crippen LogP contribution in [0.2, 0.25) is 0 Å². The van der Waals surface area contributed by atoms with Gasteiger partial charge in [0.1, 0.15) is 72.3 Å². The average molecular weight is 1880 g/mol. The molecule has 8 rings (SSSR count). The number of carboxylic acid groups (broad SMARTS) is 1. The average Bonchev–Trinajstić information content (AvgIpc) is 1.65. The van der Waals surface area contributed by atoms with Gasteiger partial charge in [-0.25, -0.2) is 4.39 Å². The lowest BCUT2D eigenvalue weighted by atomic mass is 9.87. The van der Waals surface area contributed by atoms with Crippen molar-refractivity contribution in [2.45, 2.75) is 178 Å². The van der Waals surface area contributed by atoms with Gasteiger partial charge in [0.05, 0.1) is 33.0 Å². The standard InChI is InChI=1S/C86H119FN22O19S3/c1-48-75(119)97-59(35-51-40-104(8)66-19-13-11-16-54(51)66)80(124)100-62(38-86(3,4)5)82(126)96-57(25-26-68(88)111)77(121)99-61(37-73(116)117)81(125)102-64-43-130-32-28-71(114)108-45-107(46-109(47-108)72(115)29-33-131-44-65(93-49(2)110)84(128)106(48)10)70(113)27-31-129-42-63(74(89)118)101-78(122)58(34-50-21-23-53(87)24-22-50)94-69(112)39-92-76(120)56(18-15-30-91-85(90)103(6)7)95-79(123)60(98-83(64)127)36-52-41-105(9)67-20-14-12-17-55(52)67/h11-14,16-17,19-24,40-41,48,56-65H,15,18,25-39,42-47H2,1-10H3,(H2,88,111)(H2,89,118)(H2,90,91)(H,92,120)(H,93,110)(H,94,112)(H,95,123)(H,96,126)(H,97,119)(H,98,127)(H,99,121)(H,100,124)(H,101,122)(H,102,125)(H,116,117)/t48-,56-,57-,58-,59-,60-,61-,62-,63-,64-,65-/m0/s1. The highest BCUT2D eigenvalue weighted by atomic mass is 32.2. The number of primary amides is 2. The van der Waals surface area contributed by atoms with Crippen LogP contribution in [0, 0.1) is 16.6 Å². The maximum absolute atomic E-state index is 15.6. The number of rotatable bonds is 18. The first-order valence-electron chi connectivity index (χ1n) is 42.6. The molecule has 3 fully saturated rings. The molecule has 0 spiro atoms. The quantitative estimate of drug-likeness (QED) is 0.0255. The first-order chi connectivity index (χ1) is 61.9. The number of halogens is 1. The van der Waals surface area contributed by atoms with Crippen LogP contribution in [0.25, 0.3) is 21.8 Å². The van der Waals surface area contributed by atoms with Gasteiger partial charge >= 0.3 is 5.97 Å². The van der Waals surface area contributed by atoms with Gasteiger partial charge in [0.2, 0.25) is 100 Å². The molecule has 0 unspecified atom stereocenters. The van der Waals surface area contributed by atoms with E-state index in [2.05, 4.69) is 63.8 Å². The summed E-state index contributed by atoms with van der Waals surface area (Å²) in [6, 6.07) is 1.01. The minimum atomic E-state index is -2.17. The van der Waals surface area contributed by atoms with E-state index in [4.69, 9.17) is 16.9 Å². The van der Waals surface area contributed by atoms with Crippen LogP contribution in [0.1, 0.15) is 109 Å². The third-order valence-electron chi connectivity index (χ3n) is 21.9. The van der Waals surface area contributed by atoms with Crippen LogP contribution >= 0.6 is 35.3 Å². The molecule has 18 N–H and O–H groups in total. The second-order valence-corrected chi connectivity index (χ2v) is 37.2. The molecule has 11 atom stereocenters. The number of likely N-dealkylation sites (N-methyl/N-ethyl adjacent to an activating group) is 1. The van der Waals surface area contributed by atoms with Gasteiger partial charge in [0, 0.05) is 162 Å². The number of thioether (sulfide) groups is 3. The fourth-order valence-electron chi connectivity index (χ4n) is 14.7. The summed E-state index contributed by atoms with van der Waals surface area (Å²) < 4.78 is 17.8. The van der Waals surface area contributed by atoms with Gasteiger partial charge in [-0.2, -0.15) is 35.3 Å². The molecule has 5 heterocycles. The Balaban J connectivity index is 1.24. The third-order valence-corrected chi connectivity index (χ3v) is 25.1. The van der Waals surface area contributed by atoms with Crippen molar-refractivity contribution in [2.24, 2.45) is 31.0 Å². The Morgan fingerprint density at radius 2 is 1.02 bits per heavy atom. The van der Waals surface area contributed by atoms with Gasteiger partial charge in [0.25, 0.3) is 0 Å². The Morgan fingerprint density at radius 3 is 1.53 bits per heavy atom. The number of para-hydroxylation sites is 2. The van der Waals surface area contributed by atoms with E-state index in [1.54, 1.807) is 113 Å². The Hall–Kier alpha value is -12.6. The summed E-state index contributed by atoms with van der Waals surface area (Å²) in [5, 5.41) is 51.6. The molecule has 712 valence electrons. The van der Waals surface area contributed by atoms with Crippen molar-refractivity contribution in [1.29, 1.82) is 5.41 Å². The van der Waals surface area contributed by atoms with Crippen LogP contribution in [0.15, 0.2) is 85.2 Å². The fraction of sp³-hybridized carbons (Fsp3) is 0.523. The van der Waals surface area contributed by atoms with Crippen molar-refractivity contribution in [3.05, 3.63) is 108 Å². The number of aryl methyl sites for hydroxylation is 2. The second-order valence-electron chi connectivity index (χ2n) is 33.8. The van der Waals surface area contributed by atoms with Crippen molar-refractivity contribution >= 4 is 169 Å². The van der Waals surface area contributed by atoms with E-state index in [-0.39, 0.29) is 99.3 Å². The smallest absolute Gasteiger partial charge is 0.305 e. The summed E-state index contributed by atoms with van der Waals surface area (Å²) >= 11 is 2.94. The number of carbonyl (C=O) groups excluding carboxylic acids is 17. The Kier molecular flexibility index (Phi) is 38.8. The Morgan fingerprint density at radius 1 is 0.557 bits per heavy atom. The van der Waals surface area contributed by atoms with Crippen LogP contribution in [0.3, 0.4) is 0 Å².